The van der Waals surface area contributed by atoms with E-state index in [1.165, 1.54) is 51.1 Å². The van der Waals surface area contributed by atoms with Gasteiger partial charge in [0.25, 0.3) is 5.91 Å². The fourth-order valence-corrected chi connectivity index (χ4v) is 8.45. The highest BCUT2D eigenvalue weighted by atomic mass is 32.2. The topological polar surface area (TPSA) is 189 Å². The Hall–Kier alpha value is -3.35. The van der Waals surface area contributed by atoms with Crippen LogP contribution in [0.3, 0.4) is 0 Å². The van der Waals surface area contributed by atoms with Crippen LogP contribution in [0, 0.1) is 0 Å². The largest absolute Gasteiger partial charge is 0.477 e. The molecule has 0 bridgehead atoms. The van der Waals surface area contributed by atoms with E-state index in [4.69, 9.17) is 9.47 Å². The zero-order valence-corrected chi connectivity index (χ0v) is 29.3. The lowest BCUT2D eigenvalue weighted by Crippen LogP contribution is -2.70. The molecule has 0 aromatic carbocycles. The van der Waals surface area contributed by atoms with Crippen molar-refractivity contribution >= 4 is 76.2 Å². The van der Waals surface area contributed by atoms with Gasteiger partial charge in [0.2, 0.25) is 5.91 Å². The predicted molar refractivity (Wildman–Crippen MR) is 174 cm³/mol. The van der Waals surface area contributed by atoms with Crippen LogP contribution in [0.2, 0.25) is 0 Å². The molecular formula is C28H36N6O8S4. The molecule has 2 aliphatic rings. The zero-order valence-electron chi connectivity index (χ0n) is 26.1. The normalized spacial score (nSPS) is 18.7. The van der Waals surface area contributed by atoms with Crippen molar-refractivity contribution in [3.8, 4) is 0 Å². The van der Waals surface area contributed by atoms with Crippen LogP contribution >= 0.6 is 46.2 Å². The molecule has 1 saturated heterocycles. The average molecular weight is 713 g/mol. The number of nitrogens with one attached hydrogen (secondary N) is 3. The fraction of sp³-hybridized carbons (Fsp3) is 0.536. The van der Waals surface area contributed by atoms with E-state index in [-0.39, 0.29) is 24.4 Å². The third-order valence-corrected chi connectivity index (χ3v) is 10.6. The van der Waals surface area contributed by atoms with Gasteiger partial charge in [-0.3, -0.25) is 14.5 Å². The number of thioether (sulfide) groups is 2. The first-order valence-electron chi connectivity index (χ1n) is 14.1. The number of aliphatic carboxylic acids is 1. The van der Waals surface area contributed by atoms with Gasteiger partial charge < -0.3 is 30.5 Å². The molecule has 250 valence electrons. The molecule has 2 unspecified atom stereocenters. The number of thiophene rings is 1. The number of amides is 4. The average Bonchev–Trinajstić information content (AvgIpc) is 3.63. The molecule has 46 heavy (non-hydrogen) atoms. The summed E-state index contributed by atoms with van der Waals surface area (Å²) < 4.78 is 11.1. The molecule has 0 spiro atoms. The lowest BCUT2D eigenvalue weighted by Gasteiger charge is -2.49. The third kappa shape index (κ3) is 9.59. The van der Waals surface area contributed by atoms with Gasteiger partial charge in [0.15, 0.2) is 4.34 Å². The number of rotatable bonds is 11. The van der Waals surface area contributed by atoms with Crippen LogP contribution in [0.5, 0.6) is 0 Å². The minimum Gasteiger partial charge on any atom is -0.477 e. The Morgan fingerprint density at radius 2 is 1.80 bits per heavy atom. The van der Waals surface area contributed by atoms with E-state index < -0.39 is 58.6 Å². The van der Waals surface area contributed by atoms with Crippen LogP contribution in [0.4, 0.5) is 9.59 Å². The van der Waals surface area contributed by atoms with Crippen LogP contribution in [0.1, 0.15) is 63.9 Å². The van der Waals surface area contributed by atoms with Crippen molar-refractivity contribution in [1.82, 2.24) is 31.0 Å². The molecule has 2 aliphatic heterocycles. The summed E-state index contributed by atoms with van der Waals surface area (Å²) in [7, 11) is 0. The Balaban J connectivity index is 1.34. The number of carbonyl (C=O) groups excluding carboxylic acids is 4. The second kappa shape index (κ2) is 14.6. The molecule has 4 rings (SSSR count). The van der Waals surface area contributed by atoms with Gasteiger partial charge in [0.1, 0.15) is 33.3 Å². The molecule has 0 saturated carbocycles. The second-order valence-electron chi connectivity index (χ2n) is 12.2. The van der Waals surface area contributed by atoms with E-state index in [2.05, 4.69) is 26.1 Å². The molecule has 0 radical (unpaired) electrons. The Bertz CT molecular complexity index is 1500. The van der Waals surface area contributed by atoms with Crippen molar-refractivity contribution < 1.29 is 38.6 Å². The fourth-order valence-electron chi connectivity index (χ4n) is 4.35. The van der Waals surface area contributed by atoms with Crippen LogP contribution in [0.15, 0.2) is 33.1 Å². The zero-order chi connectivity index (χ0) is 33.8. The molecule has 3 atom stereocenters. The van der Waals surface area contributed by atoms with Gasteiger partial charge in [-0.1, -0.05) is 29.2 Å². The molecular weight excluding hydrogens is 677 g/mol. The summed E-state index contributed by atoms with van der Waals surface area (Å²) in [4.78, 5) is 64.8. The number of hydrogen-bond acceptors (Lipinski definition) is 13. The molecule has 4 heterocycles. The van der Waals surface area contributed by atoms with Crippen LogP contribution < -0.4 is 16.0 Å². The number of ether oxygens (including phenoxy) is 2. The van der Waals surface area contributed by atoms with Crippen molar-refractivity contribution in [2.24, 2.45) is 0 Å². The highest BCUT2D eigenvalue weighted by Crippen LogP contribution is 2.42. The lowest BCUT2D eigenvalue weighted by atomic mass is 10.0. The number of carboxylic acid groups (broad SMARTS) is 1. The molecule has 2 aromatic rings. The van der Waals surface area contributed by atoms with Gasteiger partial charge in [0, 0.05) is 16.4 Å². The maximum Gasteiger partial charge on any atom is 0.408 e. The molecule has 2 aromatic heterocycles. The summed E-state index contributed by atoms with van der Waals surface area (Å²) in [6, 6.07) is 2.01. The van der Waals surface area contributed by atoms with E-state index >= 15 is 0 Å². The molecule has 4 N–H and O–H groups in total. The highest BCUT2D eigenvalue weighted by Gasteiger charge is 2.54. The maximum absolute atomic E-state index is 13.2. The highest BCUT2D eigenvalue weighted by molar-refractivity contribution is 8.01. The first-order valence-corrected chi connectivity index (χ1v) is 17.9. The van der Waals surface area contributed by atoms with Gasteiger partial charge >= 0.3 is 18.2 Å². The predicted octanol–water partition coefficient (Wildman–Crippen LogP) is 4.11. The first kappa shape index (κ1) is 35.5. The molecule has 18 heteroatoms. The van der Waals surface area contributed by atoms with E-state index in [9.17, 15) is 29.1 Å². The second-order valence-corrected chi connectivity index (χ2v) is 16.6. The molecule has 14 nitrogen and oxygen atoms in total. The summed E-state index contributed by atoms with van der Waals surface area (Å²) in [5, 5.41) is 28.1. The quantitative estimate of drug-likeness (QED) is 0.193. The Labute approximate surface area is 282 Å². The Morgan fingerprint density at radius 3 is 2.43 bits per heavy atom. The van der Waals surface area contributed by atoms with Crippen LogP contribution in [0.25, 0.3) is 0 Å². The van der Waals surface area contributed by atoms with Gasteiger partial charge in [0.05, 0.1) is 19.0 Å². The van der Waals surface area contributed by atoms with Crippen molar-refractivity contribution in [2.75, 3.05) is 11.5 Å². The summed E-state index contributed by atoms with van der Waals surface area (Å²) >= 11 is 5.27. The Kier molecular flexibility index (Phi) is 11.3. The summed E-state index contributed by atoms with van der Waals surface area (Å²) in [6.07, 6.45) is -1.38. The van der Waals surface area contributed by atoms with E-state index in [1.54, 1.807) is 53.7 Å². The maximum atomic E-state index is 13.2. The molecule has 4 amide bonds. The number of aromatic nitrogens is 2. The SMILES string of the molecule is CC(C)(C)OC(=O)NCc1nnc(SCC2=C(C(=O)O)N3C(=O)C(NC(=O)CC(NC(=O)OC(C)(C)C)c4cccs4)[C@@H]3SC2)s1. The third-order valence-electron chi connectivity index (χ3n) is 6.13. The minimum absolute atomic E-state index is 0.105. The number of β-lactam (4-membered cyclic amide) rings is 1. The number of carbonyl (C=O) groups is 5. The van der Waals surface area contributed by atoms with E-state index in [0.29, 0.717) is 20.7 Å². The number of nitrogens with zero attached hydrogens (tertiary/aromatic N) is 3. The summed E-state index contributed by atoms with van der Waals surface area (Å²) in [5.74, 6) is -1.64. The number of alkyl carbamates (subject to hydrolysis) is 2. The molecule has 0 aliphatic carbocycles. The molecule has 1 fully saturated rings. The standard InChI is InChI=1S/C28H36N6O8S4/c1-27(2,3)41-24(39)29-11-18-32-33-26(46-18)45-13-14-12-44-22-19(21(36)34(22)20(14)23(37)38)31-17(35)10-15(16-8-7-9-43-16)30-25(40)42-28(4,5)6/h7-9,15,19,22H,10-13H2,1-6H3,(H,29,39)(H,30,40)(H,31,35)(H,37,38)/t15?,19?,22-/m0/s1. The van der Waals surface area contributed by atoms with Gasteiger partial charge in [-0.05, 0) is 58.6 Å². The van der Waals surface area contributed by atoms with Gasteiger partial charge in [-0.2, -0.15) is 0 Å². The smallest absolute Gasteiger partial charge is 0.408 e. The van der Waals surface area contributed by atoms with Gasteiger partial charge in [-0.15, -0.1) is 33.3 Å². The van der Waals surface area contributed by atoms with Crippen LogP contribution in [-0.4, -0.2) is 84.3 Å². The number of fused-ring (bicyclic) bond motifs is 1. The number of carboxylic acids is 1. The summed E-state index contributed by atoms with van der Waals surface area (Å²) in [5.41, 5.74) is -0.915. The first-order chi connectivity index (χ1) is 21.5. The van der Waals surface area contributed by atoms with Crippen molar-refractivity contribution in [2.45, 2.75) is 87.5 Å². The number of hydrogen-bond donors (Lipinski definition) is 4. The summed E-state index contributed by atoms with van der Waals surface area (Å²) in [6.45, 7) is 10.6. The monoisotopic (exact) mass is 712 g/mol. The van der Waals surface area contributed by atoms with Gasteiger partial charge in [-0.25, -0.2) is 14.4 Å². The lowest BCUT2D eigenvalue weighted by molar-refractivity contribution is -0.150. The van der Waals surface area contributed by atoms with Crippen molar-refractivity contribution in [3.63, 3.8) is 0 Å². The van der Waals surface area contributed by atoms with E-state index in [0.717, 1.165) is 4.88 Å². The minimum atomic E-state index is -1.24. The van der Waals surface area contributed by atoms with E-state index in [1.807, 2.05) is 5.38 Å². The van der Waals surface area contributed by atoms with Crippen LogP contribution in [-0.2, 0) is 30.4 Å². The Morgan fingerprint density at radius 1 is 1.11 bits per heavy atom. The van der Waals surface area contributed by atoms with Crippen molar-refractivity contribution in [1.29, 1.82) is 0 Å². The van der Waals surface area contributed by atoms with Crippen molar-refractivity contribution in [3.05, 3.63) is 38.7 Å².